The van der Waals surface area contributed by atoms with Crippen molar-refractivity contribution in [1.82, 2.24) is 4.98 Å². The zero-order valence-corrected chi connectivity index (χ0v) is 12.5. The first-order chi connectivity index (χ1) is 10.00. The third-order valence-corrected chi connectivity index (χ3v) is 5.60. The Morgan fingerprint density at radius 2 is 2.10 bits per heavy atom. The molecule has 0 amide bonds. The average Bonchev–Trinajstić information content (AvgIpc) is 2.45. The molecule has 1 aliphatic rings. The number of aromatic nitrogens is 1. The van der Waals surface area contributed by atoms with Crippen molar-refractivity contribution in [3.8, 4) is 0 Å². The van der Waals surface area contributed by atoms with Crippen molar-refractivity contribution in [2.75, 3.05) is 23.0 Å². The molecule has 1 atom stereocenters. The van der Waals surface area contributed by atoms with Gasteiger partial charge >= 0.3 is 0 Å². The number of hydrogen-bond acceptors (Lipinski definition) is 5. The Hall–Kier alpha value is -1.95. The Morgan fingerprint density at radius 3 is 2.81 bits per heavy atom. The van der Waals surface area contributed by atoms with Crippen LogP contribution >= 0.6 is 0 Å². The number of carbonyl (C=O) groups is 1. The van der Waals surface area contributed by atoms with Crippen LogP contribution in [-0.4, -0.2) is 43.8 Å². The van der Waals surface area contributed by atoms with Gasteiger partial charge in [0.2, 0.25) is 0 Å². The maximum atomic E-state index is 11.7. The van der Waals surface area contributed by atoms with Crippen molar-refractivity contribution in [2.24, 2.45) is 0 Å². The van der Waals surface area contributed by atoms with Gasteiger partial charge < -0.3 is 4.90 Å². The summed E-state index contributed by atoms with van der Waals surface area (Å²) in [6.07, 6.45) is 0.782. The number of nitrogens with zero attached hydrogens (tertiary/aromatic N) is 2. The summed E-state index contributed by atoms with van der Waals surface area (Å²) in [5.41, 5.74) is 1.30. The number of aldehydes is 1. The number of fused-ring (bicyclic) bond motifs is 1. The zero-order chi connectivity index (χ0) is 15.0. The number of sulfone groups is 1. The van der Waals surface area contributed by atoms with Gasteiger partial charge in [0.1, 0.15) is 5.82 Å². The number of benzene rings is 1. The summed E-state index contributed by atoms with van der Waals surface area (Å²) in [6, 6.07) is 9.21. The highest BCUT2D eigenvalue weighted by molar-refractivity contribution is 7.91. The van der Waals surface area contributed by atoms with Crippen LogP contribution in [0.5, 0.6) is 0 Å². The second-order valence-corrected chi connectivity index (χ2v) is 7.60. The topological polar surface area (TPSA) is 67.3 Å². The van der Waals surface area contributed by atoms with Crippen LogP contribution in [0.15, 0.2) is 30.3 Å². The molecular weight excluding hydrogens is 288 g/mol. The SMILES string of the molecule is CC1CS(=O)(=O)CCN1c1nc2ccccc2cc1C=O. The maximum Gasteiger partial charge on any atom is 0.154 e. The molecule has 0 radical (unpaired) electrons. The van der Waals surface area contributed by atoms with Crippen molar-refractivity contribution in [2.45, 2.75) is 13.0 Å². The van der Waals surface area contributed by atoms with Crippen LogP contribution in [0.3, 0.4) is 0 Å². The Kier molecular flexibility index (Phi) is 3.41. The minimum atomic E-state index is -2.99. The summed E-state index contributed by atoms with van der Waals surface area (Å²) in [5, 5.41) is 0.903. The van der Waals surface area contributed by atoms with E-state index >= 15 is 0 Å². The van der Waals surface area contributed by atoms with E-state index in [2.05, 4.69) is 4.98 Å². The Morgan fingerprint density at radius 1 is 1.33 bits per heavy atom. The molecule has 0 N–H and O–H groups in total. The van der Waals surface area contributed by atoms with Crippen molar-refractivity contribution in [1.29, 1.82) is 0 Å². The van der Waals surface area contributed by atoms with Crippen LogP contribution < -0.4 is 4.90 Å². The van der Waals surface area contributed by atoms with Gasteiger partial charge in [0.25, 0.3) is 0 Å². The van der Waals surface area contributed by atoms with Crippen molar-refractivity contribution in [3.63, 3.8) is 0 Å². The highest BCUT2D eigenvalue weighted by Crippen LogP contribution is 2.26. The van der Waals surface area contributed by atoms with E-state index in [1.54, 1.807) is 6.07 Å². The number of para-hydroxylation sites is 1. The minimum Gasteiger partial charge on any atom is -0.351 e. The molecule has 2 heterocycles. The third kappa shape index (κ3) is 2.63. The monoisotopic (exact) mass is 304 g/mol. The predicted octanol–water partition coefficient (Wildman–Crippen LogP) is 1.67. The van der Waals surface area contributed by atoms with Crippen molar-refractivity contribution >= 4 is 32.8 Å². The highest BCUT2D eigenvalue weighted by Gasteiger charge is 2.30. The lowest BCUT2D eigenvalue weighted by Gasteiger charge is -2.34. The van der Waals surface area contributed by atoms with Gasteiger partial charge in [0.05, 0.1) is 22.6 Å². The van der Waals surface area contributed by atoms with Gasteiger partial charge in [-0.3, -0.25) is 4.79 Å². The molecule has 0 aliphatic carbocycles. The molecule has 0 spiro atoms. The van der Waals surface area contributed by atoms with E-state index in [0.29, 0.717) is 17.9 Å². The third-order valence-electron chi connectivity index (χ3n) is 3.80. The van der Waals surface area contributed by atoms with E-state index in [4.69, 9.17) is 0 Å². The summed E-state index contributed by atoms with van der Waals surface area (Å²) in [4.78, 5) is 17.8. The quantitative estimate of drug-likeness (QED) is 0.790. The molecule has 0 saturated carbocycles. The molecule has 21 heavy (non-hydrogen) atoms. The number of hydrogen-bond donors (Lipinski definition) is 0. The molecule has 1 aliphatic heterocycles. The molecule has 1 aromatic carbocycles. The van der Waals surface area contributed by atoms with Crippen LogP contribution in [0, 0.1) is 0 Å². The van der Waals surface area contributed by atoms with E-state index in [9.17, 15) is 13.2 Å². The number of pyridine rings is 1. The van der Waals surface area contributed by atoms with Gasteiger partial charge in [-0.1, -0.05) is 18.2 Å². The smallest absolute Gasteiger partial charge is 0.154 e. The lowest BCUT2D eigenvalue weighted by molar-refractivity contribution is 0.112. The minimum absolute atomic E-state index is 0.0970. The molecule has 2 aromatic rings. The first-order valence-electron chi connectivity index (χ1n) is 6.82. The Balaban J connectivity index is 2.09. The van der Waals surface area contributed by atoms with Gasteiger partial charge in [-0.2, -0.15) is 0 Å². The van der Waals surface area contributed by atoms with Crippen LogP contribution in [0.2, 0.25) is 0 Å². The first-order valence-corrected chi connectivity index (χ1v) is 8.64. The van der Waals surface area contributed by atoms with Crippen molar-refractivity contribution in [3.05, 3.63) is 35.9 Å². The van der Waals surface area contributed by atoms with E-state index in [1.165, 1.54) is 0 Å². The lowest BCUT2D eigenvalue weighted by Crippen LogP contribution is -2.47. The highest BCUT2D eigenvalue weighted by atomic mass is 32.2. The van der Waals surface area contributed by atoms with Gasteiger partial charge in [-0.15, -0.1) is 0 Å². The lowest BCUT2D eigenvalue weighted by atomic mass is 10.1. The fraction of sp³-hybridized carbons (Fsp3) is 0.333. The average molecular weight is 304 g/mol. The molecular formula is C15H16N2O3S. The van der Waals surface area contributed by atoms with Gasteiger partial charge in [-0.05, 0) is 19.1 Å². The molecule has 0 bridgehead atoms. The molecule has 1 saturated heterocycles. The molecule has 1 unspecified atom stereocenters. The first kappa shape index (κ1) is 14.0. The van der Waals surface area contributed by atoms with Gasteiger partial charge in [-0.25, -0.2) is 13.4 Å². The molecule has 110 valence electrons. The van der Waals surface area contributed by atoms with Crippen molar-refractivity contribution < 1.29 is 13.2 Å². The zero-order valence-electron chi connectivity index (χ0n) is 11.7. The normalized spacial score (nSPS) is 21.4. The second kappa shape index (κ2) is 5.11. The van der Waals surface area contributed by atoms with Crippen LogP contribution in [-0.2, 0) is 9.84 Å². The number of rotatable bonds is 2. The standard InChI is InChI=1S/C15H16N2O3S/c1-11-10-21(19,20)7-6-17(11)15-13(9-18)8-12-4-2-3-5-14(12)16-15/h2-5,8-9,11H,6-7,10H2,1H3. The Bertz CT molecular complexity index is 802. The van der Waals surface area contributed by atoms with E-state index in [0.717, 1.165) is 17.2 Å². The molecule has 6 heteroatoms. The predicted molar refractivity (Wildman–Crippen MR) is 82.6 cm³/mol. The number of anilines is 1. The van der Waals surface area contributed by atoms with Crippen LogP contribution in [0.4, 0.5) is 5.82 Å². The molecule has 1 fully saturated rings. The molecule has 3 rings (SSSR count). The number of carbonyl (C=O) groups excluding carboxylic acids is 1. The fourth-order valence-electron chi connectivity index (χ4n) is 2.75. The van der Waals surface area contributed by atoms with E-state index in [1.807, 2.05) is 36.1 Å². The van der Waals surface area contributed by atoms with E-state index < -0.39 is 9.84 Å². The maximum absolute atomic E-state index is 11.7. The van der Waals surface area contributed by atoms with Crippen LogP contribution in [0.25, 0.3) is 10.9 Å². The summed E-state index contributed by atoms with van der Waals surface area (Å²) in [7, 11) is -2.99. The molecule has 1 aromatic heterocycles. The summed E-state index contributed by atoms with van der Waals surface area (Å²) < 4.78 is 23.4. The molecule has 5 nitrogen and oxygen atoms in total. The fourth-order valence-corrected chi connectivity index (χ4v) is 4.31. The second-order valence-electron chi connectivity index (χ2n) is 5.37. The summed E-state index contributed by atoms with van der Waals surface area (Å²) in [6.45, 7) is 2.22. The Labute approximate surface area is 123 Å². The van der Waals surface area contributed by atoms with E-state index in [-0.39, 0.29) is 17.5 Å². The van der Waals surface area contributed by atoms with Gasteiger partial charge in [0.15, 0.2) is 16.1 Å². The van der Waals surface area contributed by atoms with Crippen LogP contribution in [0.1, 0.15) is 17.3 Å². The summed E-state index contributed by atoms with van der Waals surface area (Å²) >= 11 is 0. The largest absolute Gasteiger partial charge is 0.351 e. The summed E-state index contributed by atoms with van der Waals surface area (Å²) in [5.74, 6) is 0.773. The van der Waals surface area contributed by atoms with Gasteiger partial charge in [0, 0.05) is 18.0 Å².